The quantitative estimate of drug-likeness (QED) is 0.460. The number of aryl methyl sites for hydroxylation is 2. The number of rotatable bonds is 6. The number of benzene rings is 1. The van der Waals surface area contributed by atoms with Crippen LogP contribution in [0.1, 0.15) is 29.8 Å². The van der Waals surface area contributed by atoms with Gasteiger partial charge in [-0.25, -0.2) is 9.97 Å². The van der Waals surface area contributed by atoms with Crippen molar-refractivity contribution >= 4 is 23.3 Å². The van der Waals surface area contributed by atoms with Gasteiger partial charge in [0.2, 0.25) is 11.9 Å². The standard InChI is InChI=1S/C22H23N7O/c1-13-8-19(28-27-13)26-22-25-18(11-20-23-14(2)12-29(20)22)16-5-3-4-15(9-16)10-21(30)24-17-6-7-17/h3-5,8-9,11-12,17H,6-7,10H2,1-2H3,(H,24,30)(H2,25,26,27,28). The molecule has 1 aliphatic carbocycles. The molecule has 0 bridgehead atoms. The number of nitrogens with zero attached hydrogens (tertiary/aromatic N) is 4. The number of amides is 1. The van der Waals surface area contributed by atoms with Gasteiger partial charge in [0.15, 0.2) is 5.82 Å². The molecule has 1 aromatic carbocycles. The third-order valence-corrected chi connectivity index (χ3v) is 5.05. The molecule has 30 heavy (non-hydrogen) atoms. The highest BCUT2D eigenvalue weighted by atomic mass is 16.1. The van der Waals surface area contributed by atoms with Crippen molar-refractivity contribution in [1.29, 1.82) is 0 Å². The van der Waals surface area contributed by atoms with Crippen LogP contribution in [0.2, 0.25) is 0 Å². The van der Waals surface area contributed by atoms with Gasteiger partial charge >= 0.3 is 0 Å². The van der Waals surface area contributed by atoms with Gasteiger partial charge in [-0.05, 0) is 38.3 Å². The predicted molar refractivity (Wildman–Crippen MR) is 115 cm³/mol. The fourth-order valence-corrected chi connectivity index (χ4v) is 3.48. The average Bonchev–Trinajstić information content (AvgIpc) is 3.29. The lowest BCUT2D eigenvalue weighted by molar-refractivity contribution is -0.120. The van der Waals surface area contributed by atoms with Crippen molar-refractivity contribution in [2.45, 2.75) is 39.2 Å². The summed E-state index contributed by atoms with van der Waals surface area (Å²) in [5.41, 5.74) is 5.35. The van der Waals surface area contributed by atoms with E-state index in [2.05, 4.69) is 25.8 Å². The Balaban J connectivity index is 1.49. The van der Waals surface area contributed by atoms with Crippen LogP contribution >= 0.6 is 0 Å². The lowest BCUT2D eigenvalue weighted by Crippen LogP contribution is -2.26. The minimum Gasteiger partial charge on any atom is -0.353 e. The molecule has 8 nitrogen and oxygen atoms in total. The van der Waals surface area contributed by atoms with Crippen molar-refractivity contribution in [3.05, 3.63) is 59.5 Å². The SMILES string of the molecule is Cc1cn2c(Nc3cc(C)[nH]n3)nc(-c3cccc(CC(=O)NC4CC4)c3)cc2n1. The van der Waals surface area contributed by atoms with E-state index in [4.69, 9.17) is 4.98 Å². The summed E-state index contributed by atoms with van der Waals surface area (Å²) in [6.45, 7) is 3.90. The highest BCUT2D eigenvalue weighted by Crippen LogP contribution is 2.25. The van der Waals surface area contributed by atoms with Gasteiger partial charge in [0.1, 0.15) is 5.65 Å². The molecule has 0 atom stereocenters. The average molecular weight is 401 g/mol. The predicted octanol–water partition coefficient (Wildman–Crippen LogP) is 3.30. The van der Waals surface area contributed by atoms with Gasteiger partial charge in [-0.2, -0.15) is 5.10 Å². The zero-order valence-corrected chi connectivity index (χ0v) is 16.9. The molecule has 0 unspecified atom stereocenters. The lowest BCUT2D eigenvalue weighted by atomic mass is 10.1. The Morgan fingerprint density at radius 2 is 2.07 bits per heavy atom. The van der Waals surface area contributed by atoms with E-state index in [1.54, 1.807) is 0 Å². The third kappa shape index (κ3) is 3.89. The zero-order valence-electron chi connectivity index (χ0n) is 16.9. The van der Waals surface area contributed by atoms with Crippen molar-refractivity contribution in [1.82, 2.24) is 29.9 Å². The second kappa shape index (κ2) is 7.29. The van der Waals surface area contributed by atoms with E-state index in [1.807, 2.05) is 60.8 Å². The first-order chi connectivity index (χ1) is 14.5. The molecular formula is C22H23N7O. The van der Waals surface area contributed by atoms with Crippen molar-refractivity contribution in [3.63, 3.8) is 0 Å². The molecule has 1 amide bonds. The normalized spacial score (nSPS) is 13.5. The largest absolute Gasteiger partial charge is 0.353 e. The summed E-state index contributed by atoms with van der Waals surface area (Å²) in [6.07, 6.45) is 4.48. The van der Waals surface area contributed by atoms with Gasteiger partial charge < -0.3 is 10.6 Å². The molecule has 152 valence electrons. The van der Waals surface area contributed by atoms with Crippen LogP contribution < -0.4 is 10.6 Å². The van der Waals surface area contributed by atoms with E-state index >= 15 is 0 Å². The monoisotopic (exact) mass is 401 g/mol. The molecule has 0 radical (unpaired) electrons. The third-order valence-electron chi connectivity index (χ3n) is 5.05. The van der Waals surface area contributed by atoms with Crippen LogP contribution in [0.25, 0.3) is 16.9 Å². The number of carbonyl (C=O) groups is 1. The Hall–Kier alpha value is -3.68. The second-order valence-corrected chi connectivity index (χ2v) is 7.86. The van der Waals surface area contributed by atoms with E-state index in [-0.39, 0.29) is 5.91 Å². The Morgan fingerprint density at radius 1 is 1.20 bits per heavy atom. The number of imidazole rings is 1. The maximum absolute atomic E-state index is 12.2. The van der Waals surface area contributed by atoms with E-state index in [0.29, 0.717) is 24.2 Å². The summed E-state index contributed by atoms with van der Waals surface area (Å²) < 4.78 is 1.91. The highest BCUT2D eigenvalue weighted by molar-refractivity contribution is 5.80. The van der Waals surface area contributed by atoms with Crippen LogP contribution in [0, 0.1) is 13.8 Å². The Bertz CT molecular complexity index is 1240. The topological polar surface area (TPSA) is 100 Å². The second-order valence-electron chi connectivity index (χ2n) is 7.86. The number of anilines is 2. The summed E-state index contributed by atoms with van der Waals surface area (Å²) in [4.78, 5) is 21.6. The number of carbonyl (C=O) groups excluding carboxylic acids is 1. The molecule has 1 aliphatic rings. The molecular weight excluding hydrogens is 378 g/mol. The van der Waals surface area contributed by atoms with Crippen LogP contribution in [-0.4, -0.2) is 36.5 Å². The molecule has 3 aromatic heterocycles. The zero-order chi connectivity index (χ0) is 20.7. The molecule has 3 N–H and O–H groups in total. The van der Waals surface area contributed by atoms with E-state index in [9.17, 15) is 4.79 Å². The minimum atomic E-state index is 0.0678. The van der Waals surface area contributed by atoms with E-state index in [0.717, 1.165) is 46.7 Å². The first-order valence-corrected chi connectivity index (χ1v) is 10.1. The first kappa shape index (κ1) is 18.4. The molecule has 0 spiro atoms. The van der Waals surface area contributed by atoms with Gasteiger partial charge in [0.25, 0.3) is 0 Å². The fourth-order valence-electron chi connectivity index (χ4n) is 3.48. The van der Waals surface area contributed by atoms with Crippen molar-refractivity contribution in [2.75, 3.05) is 5.32 Å². The molecule has 8 heteroatoms. The minimum absolute atomic E-state index is 0.0678. The van der Waals surface area contributed by atoms with Gasteiger partial charge in [-0.1, -0.05) is 18.2 Å². The van der Waals surface area contributed by atoms with E-state index in [1.165, 1.54) is 0 Å². The number of H-pyrrole nitrogens is 1. The fraction of sp³-hybridized carbons (Fsp3) is 0.273. The molecule has 1 saturated carbocycles. The van der Waals surface area contributed by atoms with Gasteiger partial charge in [-0.15, -0.1) is 0 Å². The summed E-state index contributed by atoms with van der Waals surface area (Å²) >= 11 is 0. The van der Waals surface area contributed by atoms with Crippen LogP contribution in [0.15, 0.2) is 42.6 Å². The van der Waals surface area contributed by atoms with Crippen LogP contribution in [0.3, 0.4) is 0 Å². The van der Waals surface area contributed by atoms with Gasteiger partial charge in [0, 0.05) is 35.6 Å². The number of aromatic nitrogens is 5. The Kier molecular flexibility index (Phi) is 4.46. The highest BCUT2D eigenvalue weighted by Gasteiger charge is 2.23. The summed E-state index contributed by atoms with van der Waals surface area (Å²) in [6, 6.07) is 12.2. The molecule has 3 heterocycles. The van der Waals surface area contributed by atoms with Crippen molar-refractivity contribution in [2.24, 2.45) is 0 Å². The summed E-state index contributed by atoms with van der Waals surface area (Å²) in [5.74, 6) is 1.39. The molecule has 5 rings (SSSR count). The van der Waals surface area contributed by atoms with E-state index < -0.39 is 0 Å². The maximum atomic E-state index is 12.2. The molecule has 4 aromatic rings. The maximum Gasteiger partial charge on any atom is 0.224 e. The number of hydrogen-bond acceptors (Lipinski definition) is 5. The van der Waals surface area contributed by atoms with Gasteiger partial charge in [-0.3, -0.25) is 14.3 Å². The molecule has 0 aliphatic heterocycles. The summed E-state index contributed by atoms with van der Waals surface area (Å²) in [5, 5.41) is 13.5. The molecule has 1 fully saturated rings. The smallest absolute Gasteiger partial charge is 0.224 e. The number of hydrogen-bond donors (Lipinski definition) is 3. The van der Waals surface area contributed by atoms with Gasteiger partial charge in [0.05, 0.1) is 17.8 Å². The van der Waals surface area contributed by atoms with Crippen molar-refractivity contribution in [3.8, 4) is 11.3 Å². The first-order valence-electron chi connectivity index (χ1n) is 10.1. The Labute approximate surface area is 173 Å². The van der Waals surface area contributed by atoms with Crippen LogP contribution in [0.5, 0.6) is 0 Å². The summed E-state index contributed by atoms with van der Waals surface area (Å²) in [7, 11) is 0. The molecule has 0 saturated heterocycles. The van der Waals surface area contributed by atoms with Crippen molar-refractivity contribution < 1.29 is 4.79 Å². The number of aromatic amines is 1. The van der Waals surface area contributed by atoms with Crippen LogP contribution in [-0.2, 0) is 11.2 Å². The number of nitrogens with one attached hydrogen (secondary N) is 3. The lowest BCUT2D eigenvalue weighted by Gasteiger charge is -2.10. The number of fused-ring (bicyclic) bond motifs is 1. The Morgan fingerprint density at radius 3 is 2.83 bits per heavy atom. The van der Waals surface area contributed by atoms with Crippen LogP contribution in [0.4, 0.5) is 11.8 Å².